The van der Waals surface area contributed by atoms with Gasteiger partial charge in [0.1, 0.15) is 17.4 Å². The number of rotatable bonds is 2. The Morgan fingerprint density at radius 3 is 2.60 bits per heavy atom. The molecule has 0 bridgehead atoms. The summed E-state index contributed by atoms with van der Waals surface area (Å²) in [5.74, 6) is 0.934. The topological polar surface area (TPSA) is 68.9 Å². The molecule has 0 N–H and O–H groups in total. The first kappa shape index (κ1) is 15.3. The number of benzene rings is 1. The van der Waals surface area contributed by atoms with Crippen LogP contribution in [-0.4, -0.2) is 41.1 Å². The molecule has 4 rings (SSSR count). The second-order valence-corrected chi connectivity index (χ2v) is 6.03. The Balaban J connectivity index is 1.55. The molecule has 124 valence electrons. The van der Waals surface area contributed by atoms with Crippen LogP contribution in [0.5, 0.6) is 0 Å². The van der Waals surface area contributed by atoms with Crippen LogP contribution in [0, 0.1) is 11.3 Å². The predicted molar refractivity (Wildman–Crippen MR) is 97.5 cm³/mol. The monoisotopic (exact) mass is 330 g/mol. The van der Waals surface area contributed by atoms with E-state index >= 15 is 0 Å². The van der Waals surface area contributed by atoms with Gasteiger partial charge in [-0.25, -0.2) is 9.97 Å². The summed E-state index contributed by atoms with van der Waals surface area (Å²) in [6.45, 7) is 3.59. The molecule has 1 aromatic carbocycles. The molecule has 1 aliphatic rings. The van der Waals surface area contributed by atoms with Crippen molar-refractivity contribution in [2.45, 2.75) is 6.42 Å². The van der Waals surface area contributed by atoms with Crippen LogP contribution >= 0.6 is 0 Å². The molecule has 25 heavy (non-hydrogen) atoms. The van der Waals surface area contributed by atoms with Crippen molar-refractivity contribution in [2.24, 2.45) is 0 Å². The Morgan fingerprint density at radius 2 is 1.68 bits per heavy atom. The van der Waals surface area contributed by atoms with Crippen molar-refractivity contribution in [1.82, 2.24) is 15.0 Å². The van der Waals surface area contributed by atoms with Crippen LogP contribution in [0.2, 0.25) is 0 Å². The Morgan fingerprint density at radius 1 is 0.880 bits per heavy atom. The lowest BCUT2D eigenvalue weighted by Gasteiger charge is -2.25. The van der Waals surface area contributed by atoms with Gasteiger partial charge in [-0.1, -0.05) is 12.1 Å². The first-order valence-corrected chi connectivity index (χ1v) is 8.42. The summed E-state index contributed by atoms with van der Waals surface area (Å²) in [4.78, 5) is 17.8. The van der Waals surface area contributed by atoms with Crippen molar-refractivity contribution < 1.29 is 0 Å². The molecule has 0 atom stereocenters. The third kappa shape index (κ3) is 3.09. The minimum atomic E-state index is 0.677. The molecule has 1 aliphatic heterocycles. The molecule has 0 spiro atoms. The number of nitriles is 1. The highest BCUT2D eigenvalue weighted by atomic mass is 15.3. The van der Waals surface area contributed by atoms with Crippen LogP contribution < -0.4 is 9.80 Å². The number of pyridine rings is 1. The lowest BCUT2D eigenvalue weighted by atomic mass is 10.1. The summed E-state index contributed by atoms with van der Waals surface area (Å²) in [6.07, 6.45) is 4.36. The number of fused-ring (bicyclic) bond motifs is 1. The van der Waals surface area contributed by atoms with E-state index in [1.54, 1.807) is 12.4 Å². The number of hydrogen-bond acceptors (Lipinski definition) is 6. The first-order valence-electron chi connectivity index (χ1n) is 8.42. The minimum Gasteiger partial charge on any atom is -0.369 e. The summed E-state index contributed by atoms with van der Waals surface area (Å²) >= 11 is 0. The lowest BCUT2D eigenvalue weighted by Crippen LogP contribution is -2.31. The smallest absolute Gasteiger partial charge is 0.180 e. The zero-order chi connectivity index (χ0) is 17.1. The molecule has 3 aromatic rings. The predicted octanol–water partition coefficient (Wildman–Crippen LogP) is 2.61. The molecule has 0 aliphatic carbocycles. The van der Waals surface area contributed by atoms with Crippen molar-refractivity contribution in [2.75, 3.05) is 36.0 Å². The number of anilines is 2. The van der Waals surface area contributed by atoms with Gasteiger partial charge in [0, 0.05) is 38.6 Å². The zero-order valence-electron chi connectivity index (χ0n) is 13.8. The molecule has 3 heterocycles. The van der Waals surface area contributed by atoms with Crippen molar-refractivity contribution in [1.29, 1.82) is 5.26 Å². The van der Waals surface area contributed by atoms with E-state index in [0.29, 0.717) is 5.65 Å². The highest BCUT2D eigenvalue weighted by Gasteiger charge is 2.18. The quantitative estimate of drug-likeness (QED) is 0.719. The molecule has 0 saturated carbocycles. The van der Waals surface area contributed by atoms with Crippen LogP contribution in [0.25, 0.3) is 11.2 Å². The van der Waals surface area contributed by atoms with Gasteiger partial charge in [-0.2, -0.15) is 5.26 Å². The van der Waals surface area contributed by atoms with E-state index in [2.05, 4.69) is 30.8 Å². The second kappa shape index (κ2) is 6.73. The zero-order valence-corrected chi connectivity index (χ0v) is 13.8. The van der Waals surface area contributed by atoms with Gasteiger partial charge in [-0.05, 0) is 30.7 Å². The van der Waals surface area contributed by atoms with E-state index in [1.807, 2.05) is 36.4 Å². The number of nitrogens with zero attached hydrogens (tertiary/aromatic N) is 6. The molecule has 0 amide bonds. The van der Waals surface area contributed by atoms with Crippen molar-refractivity contribution >= 4 is 22.7 Å². The molecule has 0 radical (unpaired) electrons. The van der Waals surface area contributed by atoms with E-state index in [0.717, 1.165) is 55.2 Å². The molecule has 1 saturated heterocycles. The van der Waals surface area contributed by atoms with Crippen LogP contribution in [-0.2, 0) is 0 Å². The fourth-order valence-electron chi connectivity index (χ4n) is 3.25. The Hall–Kier alpha value is -3.20. The first-order chi connectivity index (χ1) is 12.3. The third-order valence-electron chi connectivity index (χ3n) is 4.50. The Bertz CT molecular complexity index is 932. The van der Waals surface area contributed by atoms with Gasteiger partial charge in [0.05, 0.1) is 11.3 Å². The van der Waals surface area contributed by atoms with Gasteiger partial charge in [-0.3, -0.25) is 4.98 Å². The second-order valence-electron chi connectivity index (χ2n) is 6.03. The maximum atomic E-state index is 9.34. The largest absolute Gasteiger partial charge is 0.369 e. The standard InChI is InChI=1S/C19H18N6/c20-14-15-4-1-2-5-17(15)24-10-3-11-25(13-12-24)18-7-6-16-19(23-18)22-9-8-21-16/h1-2,4-9H,3,10-13H2. The van der Waals surface area contributed by atoms with E-state index in [1.165, 1.54) is 0 Å². The van der Waals surface area contributed by atoms with E-state index in [-0.39, 0.29) is 0 Å². The van der Waals surface area contributed by atoms with Crippen LogP contribution in [0.15, 0.2) is 48.8 Å². The summed E-state index contributed by atoms with van der Waals surface area (Å²) in [5.41, 5.74) is 3.24. The van der Waals surface area contributed by atoms with Gasteiger partial charge in [0.25, 0.3) is 0 Å². The lowest BCUT2D eigenvalue weighted by molar-refractivity contribution is 0.799. The fourth-order valence-corrected chi connectivity index (χ4v) is 3.25. The Kier molecular flexibility index (Phi) is 4.13. The normalized spacial score (nSPS) is 15.0. The van der Waals surface area contributed by atoms with Gasteiger partial charge in [-0.15, -0.1) is 0 Å². The molecule has 0 unspecified atom stereocenters. The van der Waals surface area contributed by atoms with E-state index in [4.69, 9.17) is 0 Å². The van der Waals surface area contributed by atoms with E-state index in [9.17, 15) is 5.26 Å². The third-order valence-corrected chi connectivity index (χ3v) is 4.50. The molecule has 2 aromatic heterocycles. The van der Waals surface area contributed by atoms with Crippen LogP contribution in [0.4, 0.5) is 11.5 Å². The van der Waals surface area contributed by atoms with E-state index < -0.39 is 0 Å². The van der Waals surface area contributed by atoms with Gasteiger partial charge >= 0.3 is 0 Å². The number of hydrogen-bond donors (Lipinski definition) is 0. The summed E-state index contributed by atoms with van der Waals surface area (Å²) in [6, 6.07) is 14.1. The average Bonchev–Trinajstić information content (AvgIpc) is 2.93. The highest BCUT2D eigenvalue weighted by Crippen LogP contribution is 2.23. The van der Waals surface area contributed by atoms with Crippen LogP contribution in [0.1, 0.15) is 12.0 Å². The van der Waals surface area contributed by atoms with Crippen molar-refractivity contribution in [3.63, 3.8) is 0 Å². The average molecular weight is 330 g/mol. The highest BCUT2D eigenvalue weighted by molar-refractivity contribution is 5.71. The maximum absolute atomic E-state index is 9.34. The van der Waals surface area contributed by atoms with Crippen LogP contribution in [0.3, 0.4) is 0 Å². The molecule has 6 nitrogen and oxygen atoms in total. The molecular weight excluding hydrogens is 312 g/mol. The van der Waals surface area contributed by atoms with Crippen molar-refractivity contribution in [3.8, 4) is 6.07 Å². The Labute approximate surface area is 146 Å². The maximum Gasteiger partial charge on any atom is 0.180 e. The SMILES string of the molecule is N#Cc1ccccc1N1CCCN(c2ccc3nccnc3n2)CC1. The summed E-state index contributed by atoms with van der Waals surface area (Å²) in [5, 5.41) is 9.34. The molecular formula is C19H18N6. The molecule has 1 fully saturated rings. The van der Waals surface area contributed by atoms with Gasteiger partial charge in [0.15, 0.2) is 5.65 Å². The summed E-state index contributed by atoms with van der Waals surface area (Å²) < 4.78 is 0. The molecule has 6 heteroatoms. The summed E-state index contributed by atoms with van der Waals surface area (Å²) in [7, 11) is 0. The van der Waals surface area contributed by atoms with Crippen molar-refractivity contribution in [3.05, 3.63) is 54.4 Å². The number of aromatic nitrogens is 3. The van der Waals surface area contributed by atoms with Gasteiger partial charge < -0.3 is 9.80 Å². The fraction of sp³-hybridized carbons (Fsp3) is 0.263. The van der Waals surface area contributed by atoms with Gasteiger partial charge in [0.2, 0.25) is 0 Å². The minimum absolute atomic E-state index is 0.677. The number of para-hydroxylation sites is 1.